The summed E-state index contributed by atoms with van der Waals surface area (Å²) in [5.41, 5.74) is 0.962. The lowest BCUT2D eigenvalue weighted by atomic mass is 10.0. The number of hydrogen-bond donors (Lipinski definition) is 2. The van der Waals surface area contributed by atoms with E-state index in [1.54, 1.807) is 0 Å². The summed E-state index contributed by atoms with van der Waals surface area (Å²) in [5.74, 6) is 3.72. The van der Waals surface area contributed by atoms with E-state index < -0.39 is 0 Å². The van der Waals surface area contributed by atoms with Gasteiger partial charge in [0.25, 0.3) is 0 Å². The Labute approximate surface area is 125 Å². The van der Waals surface area contributed by atoms with Gasteiger partial charge in [-0.25, -0.2) is 9.97 Å². The van der Waals surface area contributed by atoms with E-state index in [4.69, 9.17) is 4.98 Å². The van der Waals surface area contributed by atoms with Crippen LogP contribution in [0.3, 0.4) is 0 Å². The van der Waals surface area contributed by atoms with E-state index in [0.29, 0.717) is 6.04 Å². The summed E-state index contributed by atoms with van der Waals surface area (Å²) in [6.45, 7) is 4.50. The molecule has 3 heterocycles. The van der Waals surface area contributed by atoms with Crippen molar-refractivity contribution in [2.75, 3.05) is 25.0 Å². The first kappa shape index (κ1) is 13.1. The van der Waals surface area contributed by atoms with Crippen molar-refractivity contribution in [3.8, 4) is 0 Å². The van der Waals surface area contributed by atoms with E-state index >= 15 is 0 Å². The van der Waals surface area contributed by atoms with Gasteiger partial charge in [-0.1, -0.05) is 6.92 Å². The maximum atomic E-state index is 4.81. The van der Waals surface area contributed by atoms with Crippen molar-refractivity contribution in [1.29, 1.82) is 0 Å². The molecule has 0 aromatic carbocycles. The number of fused-ring (bicyclic) bond motifs is 2. The lowest BCUT2D eigenvalue weighted by Crippen LogP contribution is -2.32. The van der Waals surface area contributed by atoms with Crippen LogP contribution in [-0.2, 0) is 6.42 Å². The third-order valence-corrected chi connectivity index (χ3v) is 5.27. The summed E-state index contributed by atoms with van der Waals surface area (Å²) >= 11 is 0. The van der Waals surface area contributed by atoms with Crippen molar-refractivity contribution in [2.45, 2.75) is 32.2 Å². The second-order valence-electron chi connectivity index (χ2n) is 6.47. The standard InChI is InChI=1S/C16H23N5/c1-3-14-19-15-13(4-5-18-15)16(20-14)21(2)12-6-10-8-17-9-11(10)7-12/h4-5,10-12,17H,3,6-9H2,1-2H3,(H,18,19,20)/t10-,11+,12+. The number of aromatic amines is 1. The Morgan fingerprint density at radius 1 is 1.24 bits per heavy atom. The third-order valence-electron chi connectivity index (χ3n) is 5.27. The number of rotatable bonds is 3. The smallest absolute Gasteiger partial charge is 0.143 e. The molecule has 0 bridgehead atoms. The topological polar surface area (TPSA) is 56.8 Å². The van der Waals surface area contributed by atoms with Gasteiger partial charge in [0.15, 0.2) is 0 Å². The quantitative estimate of drug-likeness (QED) is 0.905. The Kier molecular flexibility index (Phi) is 3.10. The Morgan fingerprint density at radius 2 is 2.00 bits per heavy atom. The number of hydrogen-bond acceptors (Lipinski definition) is 4. The molecule has 3 atom stereocenters. The zero-order chi connectivity index (χ0) is 14.4. The third kappa shape index (κ3) is 2.11. The lowest BCUT2D eigenvalue weighted by molar-refractivity contribution is 0.494. The molecule has 112 valence electrons. The molecule has 1 saturated heterocycles. The molecular formula is C16H23N5. The first-order valence-corrected chi connectivity index (χ1v) is 8.03. The molecule has 2 aromatic rings. The molecule has 2 N–H and O–H groups in total. The van der Waals surface area contributed by atoms with Gasteiger partial charge in [-0.3, -0.25) is 0 Å². The molecule has 0 radical (unpaired) electrons. The molecule has 21 heavy (non-hydrogen) atoms. The molecule has 0 unspecified atom stereocenters. The van der Waals surface area contributed by atoms with E-state index in [0.717, 1.165) is 40.9 Å². The zero-order valence-corrected chi connectivity index (χ0v) is 12.8. The summed E-state index contributed by atoms with van der Waals surface area (Å²) in [7, 11) is 2.20. The summed E-state index contributed by atoms with van der Waals surface area (Å²) in [6.07, 6.45) is 5.40. The fraction of sp³-hybridized carbons (Fsp3) is 0.625. The van der Waals surface area contributed by atoms with Crippen molar-refractivity contribution in [1.82, 2.24) is 20.3 Å². The molecule has 1 saturated carbocycles. The van der Waals surface area contributed by atoms with Crippen LogP contribution in [0.5, 0.6) is 0 Å². The number of aryl methyl sites for hydroxylation is 1. The van der Waals surface area contributed by atoms with Gasteiger partial charge in [0, 0.05) is 25.7 Å². The van der Waals surface area contributed by atoms with E-state index in [1.807, 2.05) is 6.20 Å². The monoisotopic (exact) mass is 285 g/mol. The number of aromatic nitrogens is 3. The minimum Gasteiger partial charge on any atom is -0.356 e. The van der Waals surface area contributed by atoms with Gasteiger partial charge < -0.3 is 15.2 Å². The summed E-state index contributed by atoms with van der Waals surface area (Å²) < 4.78 is 0. The highest BCUT2D eigenvalue weighted by molar-refractivity contribution is 5.87. The van der Waals surface area contributed by atoms with E-state index in [-0.39, 0.29) is 0 Å². The molecule has 5 nitrogen and oxygen atoms in total. The van der Waals surface area contributed by atoms with E-state index in [2.05, 4.69) is 40.2 Å². The molecular weight excluding hydrogens is 262 g/mol. The second-order valence-corrected chi connectivity index (χ2v) is 6.47. The van der Waals surface area contributed by atoms with Gasteiger partial charge in [0.2, 0.25) is 0 Å². The molecule has 0 spiro atoms. The Morgan fingerprint density at radius 3 is 2.71 bits per heavy atom. The Bertz CT molecular complexity index is 637. The normalized spacial score (nSPS) is 28.2. The van der Waals surface area contributed by atoms with E-state index in [1.165, 1.54) is 25.9 Å². The van der Waals surface area contributed by atoms with Crippen LogP contribution in [-0.4, -0.2) is 41.1 Å². The number of nitrogens with one attached hydrogen (secondary N) is 2. The molecule has 2 aromatic heterocycles. The second kappa shape index (κ2) is 4.98. The summed E-state index contributed by atoms with van der Waals surface area (Å²) in [6, 6.07) is 2.71. The highest BCUT2D eigenvalue weighted by Crippen LogP contribution is 2.38. The van der Waals surface area contributed by atoms with E-state index in [9.17, 15) is 0 Å². The molecule has 2 fully saturated rings. The van der Waals surface area contributed by atoms with Crippen LogP contribution < -0.4 is 10.2 Å². The fourth-order valence-corrected chi connectivity index (χ4v) is 4.02. The summed E-state index contributed by atoms with van der Waals surface area (Å²) in [4.78, 5) is 15.0. The minimum absolute atomic E-state index is 0.611. The minimum atomic E-state index is 0.611. The number of nitrogens with zero attached hydrogens (tertiary/aromatic N) is 3. The van der Waals surface area contributed by atoms with Crippen molar-refractivity contribution in [3.63, 3.8) is 0 Å². The highest BCUT2D eigenvalue weighted by atomic mass is 15.2. The van der Waals surface area contributed by atoms with Crippen molar-refractivity contribution >= 4 is 16.9 Å². The van der Waals surface area contributed by atoms with Crippen molar-refractivity contribution < 1.29 is 0 Å². The predicted octanol–water partition coefficient (Wildman–Crippen LogP) is 1.95. The largest absolute Gasteiger partial charge is 0.356 e. The molecule has 0 amide bonds. The maximum Gasteiger partial charge on any atom is 0.143 e. The van der Waals surface area contributed by atoms with Gasteiger partial charge in [0.05, 0.1) is 5.39 Å². The Balaban J connectivity index is 1.67. The molecule has 1 aliphatic carbocycles. The van der Waals surface area contributed by atoms with Crippen molar-refractivity contribution in [2.24, 2.45) is 11.8 Å². The van der Waals surface area contributed by atoms with Gasteiger partial charge in [-0.2, -0.15) is 0 Å². The molecule has 4 rings (SSSR count). The van der Waals surface area contributed by atoms with Crippen LogP contribution in [0.4, 0.5) is 5.82 Å². The van der Waals surface area contributed by atoms with Crippen LogP contribution in [0.1, 0.15) is 25.6 Å². The van der Waals surface area contributed by atoms with Crippen molar-refractivity contribution in [3.05, 3.63) is 18.1 Å². The van der Waals surface area contributed by atoms with Gasteiger partial charge in [-0.05, 0) is 43.8 Å². The van der Waals surface area contributed by atoms with Crippen LogP contribution in [0.25, 0.3) is 11.0 Å². The van der Waals surface area contributed by atoms with Crippen LogP contribution in [0.2, 0.25) is 0 Å². The van der Waals surface area contributed by atoms with Crippen LogP contribution >= 0.6 is 0 Å². The molecule has 5 heteroatoms. The average molecular weight is 285 g/mol. The maximum absolute atomic E-state index is 4.81. The Hall–Kier alpha value is -1.62. The molecule has 1 aliphatic heterocycles. The van der Waals surface area contributed by atoms with Gasteiger partial charge >= 0.3 is 0 Å². The fourth-order valence-electron chi connectivity index (χ4n) is 4.02. The zero-order valence-electron chi connectivity index (χ0n) is 12.8. The highest BCUT2D eigenvalue weighted by Gasteiger charge is 2.39. The first-order chi connectivity index (χ1) is 10.3. The first-order valence-electron chi connectivity index (χ1n) is 8.03. The molecule has 2 aliphatic rings. The number of H-pyrrole nitrogens is 1. The van der Waals surface area contributed by atoms with Gasteiger partial charge in [-0.15, -0.1) is 0 Å². The van der Waals surface area contributed by atoms with Gasteiger partial charge in [0.1, 0.15) is 17.3 Å². The lowest BCUT2D eigenvalue weighted by Gasteiger charge is -2.27. The van der Waals surface area contributed by atoms with Crippen LogP contribution in [0.15, 0.2) is 12.3 Å². The summed E-state index contributed by atoms with van der Waals surface area (Å²) in [5, 5.41) is 4.66. The average Bonchev–Trinajstić information content (AvgIpc) is 3.19. The SMILES string of the molecule is CCc1nc(N(C)[C@@H]2C[C@H]3CNC[C@H]3C2)c2cc[nH]c2n1. The predicted molar refractivity (Wildman–Crippen MR) is 84.5 cm³/mol. The number of anilines is 1. The van der Waals surface area contributed by atoms with Crippen LogP contribution in [0, 0.1) is 11.8 Å².